The molecule has 0 aliphatic rings. The van der Waals surface area contributed by atoms with Gasteiger partial charge in [-0.05, 0) is 37.4 Å². The Morgan fingerprint density at radius 3 is 2.41 bits per heavy atom. The number of unbranched alkanes of at least 4 members (excludes halogenated alkanes) is 1. The first-order chi connectivity index (χ1) is 16.3. The van der Waals surface area contributed by atoms with Gasteiger partial charge < -0.3 is 37.5 Å². The molecular formula is C22H32N6O5S. The average molecular weight is 493 g/mol. The minimum absolute atomic E-state index is 0.0898. The van der Waals surface area contributed by atoms with Crippen LogP contribution in [0, 0.1) is 0 Å². The predicted molar refractivity (Wildman–Crippen MR) is 131 cm³/mol. The zero-order chi connectivity index (χ0) is 25.1. The second kappa shape index (κ2) is 13.6. The van der Waals surface area contributed by atoms with Gasteiger partial charge in [-0.2, -0.15) is 12.6 Å². The van der Waals surface area contributed by atoms with Crippen molar-refractivity contribution in [2.75, 3.05) is 18.8 Å². The smallest absolute Gasteiger partial charge is 0.322 e. The normalized spacial score (nSPS) is 13.6. The quantitative estimate of drug-likeness (QED) is 0.126. The van der Waals surface area contributed by atoms with E-state index in [0.29, 0.717) is 19.4 Å². The highest BCUT2D eigenvalue weighted by Gasteiger charge is 2.28. The third kappa shape index (κ3) is 8.04. The zero-order valence-electron chi connectivity index (χ0n) is 18.8. The molecule has 1 heterocycles. The van der Waals surface area contributed by atoms with Gasteiger partial charge in [-0.15, -0.1) is 0 Å². The van der Waals surface area contributed by atoms with Crippen LogP contribution in [0.4, 0.5) is 0 Å². The van der Waals surface area contributed by atoms with Crippen LogP contribution in [0.15, 0.2) is 30.5 Å². The number of thiol groups is 1. The molecular weight excluding hydrogens is 460 g/mol. The predicted octanol–water partition coefficient (Wildman–Crippen LogP) is -0.733. The molecule has 0 aliphatic heterocycles. The summed E-state index contributed by atoms with van der Waals surface area (Å²) < 4.78 is 0. The maximum absolute atomic E-state index is 13.2. The van der Waals surface area contributed by atoms with Crippen LogP contribution in [0.25, 0.3) is 10.9 Å². The molecule has 1 aromatic carbocycles. The number of carboxylic acids is 1. The number of carboxylic acid groups (broad SMARTS) is 1. The van der Waals surface area contributed by atoms with E-state index in [0.717, 1.165) is 16.5 Å². The second-order valence-corrected chi connectivity index (χ2v) is 8.24. The fourth-order valence-corrected chi connectivity index (χ4v) is 3.58. The summed E-state index contributed by atoms with van der Waals surface area (Å²) in [5, 5.41) is 17.3. The summed E-state index contributed by atoms with van der Waals surface area (Å²) in [6.45, 7) is -0.160. The number of hydrogen-bond donors (Lipinski definition) is 8. The monoisotopic (exact) mass is 492 g/mol. The first kappa shape index (κ1) is 27.2. The molecule has 2 aromatic rings. The topological polar surface area (TPSA) is 192 Å². The third-order valence-electron chi connectivity index (χ3n) is 5.26. The number of aromatic amines is 1. The van der Waals surface area contributed by atoms with Crippen molar-refractivity contribution in [3.63, 3.8) is 0 Å². The van der Waals surface area contributed by atoms with E-state index >= 15 is 0 Å². The average Bonchev–Trinajstić information content (AvgIpc) is 3.23. The molecule has 0 radical (unpaired) electrons. The zero-order valence-corrected chi connectivity index (χ0v) is 19.6. The van der Waals surface area contributed by atoms with E-state index < -0.39 is 48.4 Å². The van der Waals surface area contributed by atoms with E-state index in [1.54, 1.807) is 6.20 Å². The van der Waals surface area contributed by atoms with Gasteiger partial charge in [0.2, 0.25) is 17.7 Å². The lowest BCUT2D eigenvalue weighted by atomic mass is 10.0. The number of carbonyl (C=O) groups excluding carboxylic acids is 3. The molecule has 186 valence electrons. The van der Waals surface area contributed by atoms with Crippen molar-refractivity contribution >= 4 is 47.2 Å². The van der Waals surface area contributed by atoms with E-state index in [1.807, 2.05) is 24.3 Å². The SMILES string of the molecule is NCCCCC(NC(=O)C(Cc1c[nH]c2ccccc12)NC(=O)C(N)CS)C(=O)NCC(=O)O. The fraction of sp³-hybridized carbons (Fsp3) is 0.455. The number of nitrogens with two attached hydrogens (primary N) is 2. The molecule has 0 fully saturated rings. The number of aromatic nitrogens is 1. The number of amides is 3. The summed E-state index contributed by atoms with van der Waals surface area (Å²) in [6, 6.07) is 4.60. The number of benzene rings is 1. The number of aliphatic carboxylic acids is 1. The first-order valence-corrected chi connectivity index (χ1v) is 11.6. The van der Waals surface area contributed by atoms with Crippen LogP contribution < -0.4 is 27.4 Å². The Kier molecular flexibility index (Phi) is 10.8. The molecule has 9 N–H and O–H groups in total. The fourth-order valence-electron chi connectivity index (χ4n) is 3.41. The summed E-state index contributed by atoms with van der Waals surface area (Å²) in [6.07, 6.45) is 3.34. The second-order valence-electron chi connectivity index (χ2n) is 7.87. The number of hydrogen-bond acceptors (Lipinski definition) is 7. The number of para-hydroxylation sites is 1. The molecule has 2 rings (SSSR count). The van der Waals surface area contributed by atoms with Crippen molar-refractivity contribution < 1.29 is 24.3 Å². The number of H-pyrrole nitrogens is 1. The molecule has 11 nitrogen and oxygen atoms in total. The van der Waals surface area contributed by atoms with Crippen LogP contribution in [0.5, 0.6) is 0 Å². The van der Waals surface area contributed by atoms with Crippen molar-refractivity contribution in [2.45, 2.75) is 43.8 Å². The Morgan fingerprint density at radius 2 is 1.74 bits per heavy atom. The van der Waals surface area contributed by atoms with Gasteiger partial charge in [0.05, 0.1) is 6.04 Å². The van der Waals surface area contributed by atoms with Gasteiger partial charge in [-0.25, -0.2) is 0 Å². The van der Waals surface area contributed by atoms with Crippen molar-refractivity contribution in [3.05, 3.63) is 36.0 Å². The van der Waals surface area contributed by atoms with Crippen LogP contribution in [0.2, 0.25) is 0 Å². The summed E-state index contributed by atoms with van der Waals surface area (Å²) >= 11 is 4.03. The van der Waals surface area contributed by atoms with E-state index in [1.165, 1.54) is 0 Å². The summed E-state index contributed by atoms with van der Waals surface area (Å²) in [5.74, 6) is -2.88. The van der Waals surface area contributed by atoms with E-state index in [2.05, 4.69) is 33.6 Å². The Labute approximate surface area is 202 Å². The van der Waals surface area contributed by atoms with Gasteiger partial charge in [0.15, 0.2) is 0 Å². The highest BCUT2D eigenvalue weighted by Crippen LogP contribution is 2.19. The van der Waals surface area contributed by atoms with Crippen LogP contribution in [-0.4, -0.2) is 70.7 Å². The maximum atomic E-state index is 13.2. The van der Waals surface area contributed by atoms with Crippen LogP contribution in [-0.2, 0) is 25.6 Å². The molecule has 3 amide bonds. The van der Waals surface area contributed by atoms with Crippen LogP contribution >= 0.6 is 12.6 Å². The number of carbonyl (C=O) groups is 4. The van der Waals surface area contributed by atoms with Gasteiger partial charge in [0, 0.05) is 29.3 Å². The lowest BCUT2D eigenvalue weighted by molar-refractivity contribution is -0.138. The summed E-state index contributed by atoms with van der Waals surface area (Å²) in [5.41, 5.74) is 13.0. The summed E-state index contributed by atoms with van der Waals surface area (Å²) in [7, 11) is 0. The molecule has 0 saturated heterocycles. The number of fused-ring (bicyclic) bond motifs is 1. The van der Waals surface area contributed by atoms with Crippen molar-refractivity contribution in [3.8, 4) is 0 Å². The van der Waals surface area contributed by atoms with Gasteiger partial charge in [-0.1, -0.05) is 18.2 Å². The largest absolute Gasteiger partial charge is 0.480 e. The standard InChI is InChI=1S/C22H32N6O5S/c23-8-4-3-7-17(21(32)26-11-19(29)30)27-22(33)18(28-20(31)15(24)12-34)9-13-10-25-16-6-2-1-5-14(13)16/h1-2,5-6,10,15,17-18,25,34H,3-4,7-9,11-12,23-24H2,(H,26,32)(H,27,33)(H,28,31)(H,29,30). The third-order valence-corrected chi connectivity index (χ3v) is 5.65. The Morgan fingerprint density at radius 1 is 1.03 bits per heavy atom. The highest BCUT2D eigenvalue weighted by molar-refractivity contribution is 7.80. The lowest BCUT2D eigenvalue weighted by Crippen LogP contribution is -2.56. The lowest BCUT2D eigenvalue weighted by Gasteiger charge is -2.24. The number of nitrogens with one attached hydrogen (secondary N) is 4. The molecule has 3 atom stereocenters. The van der Waals surface area contributed by atoms with Gasteiger partial charge in [0.25, 0.3) is 0 Å². The van der Waals surface area contributed by atoms with Gasteiger partial charge >= 0.3 is 5.97 Å². The molecule has 12 heteroatoms. The van der Waals surface area contributed by atoms with Crippen LogP contribution in [0.1, 0.15) is 24.8 Å². The molecule has 0 spiro atoms. The molecule has 0 bridgehead atoms. The van der Waals surface area contributed by atoms with Gasteiger partial charge in [-0.3, -0.25) is 19.2 Å². The van der Waals surface area contributed by atoms with Crippen LogP contribution in [0.3, 0.4) is 0 Å². The molecule has 1 aromatic heterocycles. The van der Waals surface area contributed by atoms with E-state index in [4.69, 9.17) is 16.6 Å². The van der Waals surface area contributed by atoms with Gasteiger partial charge in [0.1, 0.15) is 18.6 Å². The first-order valence-electron chi connectivity index (χ1n) is 11.0. The van der Waals surface area contributed by atoms with Crippen molar-refractivity contribution in [1.29, 1.82) is 0 Å². The highest BCUT2D eigenvalue weighted by atomic mass is 32.1. The van der Waals surface area contributed by atoms with Crippen molar-refractivity contribution in [1.82, 2.24) is 20.9 Å². The molecule has 0 aliphatic carbocycles. The van der Waals surface area contributed by atoms with E-state index in [9.17, 15) is 19.2 Å². The Balaban J connectivity index is 2.23. The maximum Gasteiger partial charge on any atom is 0.322 e. The Hall–Kier alpha value is -3.09. The number of rotatable bonds is 14. The summed E-state index contributed by atoms with van der Waals surface area (Å²) in [4.78, 5) is 52.2. The molecule has 34 heavy (non-hydrogen) atoms. The minimum Gasteiger partial charge on any atom is -0.480 e. The minimum atomic E-state index is -1.20. The van der Waals surface area contributed by atoms with E-state index in [-0.39, 0.29) is 18.6 Å². The molecule has 0 saturated carbocycles. The Bertz CT molecular complexity index is 997. The molecule has 3 unspecified atom stereocenters. The van der Waals surface area contributed by atoms with Crippen molar-refractivity contribution in [2.24, 2.45) is 11.5 Å².